The van der Waals surface area contributed by atoms with E-state index in [0.717, 1.165) is 38.9 Å². The van der Waals surface area contributed by atoms with Gasteiger partial charge in [0.15, 0.2) is 0 Å². The lowest BCUT2D eigenvalue weighted by molar-refractivity contribution is 0.0203. The third-order valence-electron chi connectivity index (χ3n) is 3.77. The first kappa shape index (κ1) is 15.9. The van der Waals surface area contributed by atoms with Crippen molar-refractivity contribution in [2.24, 2.45) is 0 Å². The number of carbonyl (C=O) groups is 1. The van der Waals surface area contributed by atoms with Gasteiger partial charge in [-0.1, -0.05) is 6.92 Å². The Morgan fingerprint density at radius 2 is 2.05 bits per heavy atom. The largest absolute Gasteiger partial charge is 0.444 e. The van der Waals surface area contributed by atoms with Crippen LogP contribution in [0.1, 0.15) is 58.6 Å². The first-order valence-corrected chi connectivity index (χ1v) is 7.88. The molecule has 0 N–H and O–H groups in total. The highest BCUT2D eigenvalue weighted by atomic mass is 16.6. The molecule has 21 heavy (non-hydrogen) atoms. The van der Waals surface area contributed by atoms with Gasteiger partial charge in [0.1, 0.15) is 5.60 Å². The Labute approximate surface area is 127 Å². The molecule has 0 radical (unpaired) electrons. The summed E-state index contributed by atoms with van der Waals surface area (Å²) in [6.07, 6.45) is 6.77. The van der Waals surface area contributed by atoms with E-state index in [2.05, 4.69) is 16.5 Å². The second-order valence-electron chi connectivity index (χ2n) is 6.75. The quantitative estimate of drug-likeness (QED) is 0.858. The number of hydrogen-bond donors (Lipinski definition) is 0. The Morgan fingerprint density at radius 1 is 1.38 bits per heavy atom. The maximum absolute atomic E-state index is 12.1. The molecular weight excluding hydrogens is 266 g/mol. The SMILES string of the molecule is CCCn1cncc1C1CCN(C(=O)OC(C)(C)C)CC1. The van der Waals surface area contributed by atoms with E-state index >= 15 is 0 Å². The molecule has 2 rings (SSSR count). The van der Waals surface area contributed by atoms with Gasteiger partial charge in [0, 0.05) is 37.4 Å². The number of hydrogen-bond acceptors (Lipinski definition) is 3. The van der Waals surface area contributed by atoms with Crippen molar-refractivity contribution in [2.75, 3.05) is 13.1 Å². The number of imidazole rings is 1. The number of aryl methyl sites for hydroxylation is 1. The van der Waals surface area contributed by atoms with E-state index < -0.39 is 5.60 Å². The third-order valence-corrected chi connectivity index (χ3v) is 3.77. The maximum atomic E-state index is 12.1. The first-order valence-electron chi connectivity index (χ1n) is 7.88. The zero-order chi connectivity index (χ0) is 15.5. The van der Waals surface area contributed by atoms with E-state index in [1.807, 2.05) is 38.2 Å². The van der Waals surface area contributed by atoms with Crippen molar-refractivity contribution < 1.29 is 9.53 Å². The lowest BCUT2D eigenvalue weighted by Crippen LogP contribution is -2.41. The van der Waals surface area contributed by atoms with Crippen LogP contribution in [0.5, 0.6) is 0 Å². The number of carbonyl (C=O) groups excluding carboxylic acids is 1. The van der Waals surface area contributed by atoms with Crippen LogP contribution < -0.4 is 0 Å². The highest BCUT2D eigenvalue weighted by Gasteiger charge is 2.28. The van der Waals surface area contributed by atoms with E-state index in [0.29, 0.717) is 5.92 Å². The van der Waals surface area contributed by atoms with Crippen molar-refractivity contribution in [1.82, 2.24) is 14.5 Å². The first-order chi connectivity index (χ1) is 9.90. The van der Waals surface area contributed by atoms with Crippen LogP contribution in [0.3, 0.4) is 0 Å². The fraction of sp³-hybridized carbons (Fsp3) is 0.750. The molecule has 1 aliphatic rings. The summed E-state index contributed by atoms with van der Waals surface area (Å²) in [6.45, 7) is 10.4. The molecule has 0 spiro atoms. The predicted octanol–water partition coefficient (Wildman–Crippen LogP) is 3.41. The second kappa shape index (κ2) is 6.50. The molecule has 1 aromatic heterocycles. The van der Waals surface area contributed by atoms with Crippen molar-refractivity contribution >= 4 is 6.09 Å². The summed E-state index contributed by atoms with van der Waals surface area (Å²) in [5.74, 6) is 0.498. The average Bonchev–Trinajstić information content (AvgIpc) is 2.86. The summed E-state index contributed by atoms with van der Waals surface area (Å²) in [7, 11) is 0. The van der Waals surface area contributed by atoms with Gasteiger partial charge in [-0.2, -0.15) is 0 Å². The van der Waals surface area contributed by atoms with E-state index in [4.69, 9.17) is 4.74 Å². The molecule has 5 heteroatoms. The Balaban J connectivity index is 1.91. The number of piperidine rings is 1. The van der Waals surface area contributed by atoms with E-state index in [1.165, 1.54) is 5.69 Å². The molecule has 1 aliphatic heterocycles. The molecule has 1 fully saturated rings. The molecule has 5 nitrogen and oxygen atoms in total. The third kappa shape index (κ3) is 4.22. The smallest absolute Gasteiger partial charge is 0.410 e. The van der Waals surface area contributed by atoms with Crippen molar-refractivity contribution in [3.05, 3.63) is 18.2 Å². The second-order valence-corrected chi connectivity index (χ2v) is 6.75. The zero-order valence-electron chi connectivity index (χ0n) is 13.6. The van der Waals surface area contributed by atoms with E-state index in [9.17, 15) is 4.79 Å². The standard InChI is InChI=1S/C16H27N3O2/c1-5-8-19-12-17-11-14(19)13-6-9-18(10-7-13)15(20)21-16(2,3)4/h11-13H,5-10H2,1-4H3. The van der Waals surface area contributed by atoms with E-state index in [-0.39, 0.29) is 6.09 Å². The van der Waals surface area contributed by atoms with Gasteiger partial charge in [-0.25, -0.2) is 9.78 Å². The molecule has 2 heterocycles. The Morgan fingerprint density at radius 3 is 2.62 bits per heavy atom. The summed E-state index contributed by atoms with van der Waals surface area (Å²) in [4.78, 5) is 18.2. The number of nitrogens with zero attached hydrogens (tertiary/aromatic N) is 3. The zero-order valence-corrected chi connectivity index (χ0v) is 13.6. The molecule has 0 atom stereocenters. The lowest BCUT2D eigenvalue weighted by atomic mass is 9.94. The van der Waals surface area contributed by atoms with Crippen LogP contribution in [0.25, 0.3) is 0 Å². The van der Waals surface area contributed by atoms with E-state index in [1.54, 1.807) is 0 Å². The van der Waals surface area contributed by atoms with Crippen molar-refractivity contribution in [1.29, 1.82) is 0 Å². The number of ether oxygens (including phenoxy) is 1. The number of amides is 1. The average molecular weight is 293 g/mol. The van der Waals surface area contributed by atoms with Gasteiger partial charge in [-0.15, -0.1) is 0 Å². The van der Waals surface area contributed by atoms with Gasteiger partial charge in [0.25, 0.3) is 0 Å². The summed E-state index contributed by atoms with van der Waals surface area (Å²) in [6, 6.07) is 0. The van der Waals surface area contributed by atoms with Gasteiger partial charge in [-0.05, 0) is 40.0 Å². The van der Waals surface area contributed by atoms with Crippen molar-refractivity contribution in [3.63, 3.8) is 0 Å². The fourth-order valence-corrected chi connectivity index (χ4v) is 2.78. The van der Waals surface area contributed by atoms with Gasteiger partial charge in [0.05, 0.1) is 6.33 Å². The molecule has 0 aromatic carbocycles. The molecule has 1 aromatic rings. The van der Waals surface area contributed by atoms with Gasteiger partial charge < -0.3 is 14.2 Å². The summed E-state index contributed by atoms with van der Waals surface area (Å²) in [5, 5.41) is 0. The normalized spacial score (nSPS) is 17.0. The summed E-state index contributed by atoms with van der Waals surface area (Å²) in [5.41, 5.74) is 0.883. The van der Waals surface area contributed by atoms with Gasteiger partial charge >= 0.3 is 6.09 Å². The topological polar surface area (TPSA) is 47.4 Å². The molecule has 0 unspecified atom stereocenters. The number of rotatable bonds is 3. The van der Waals surface area contributed by atoms with Crippen LogP contribution in [0.2, 0.25) is 0 Å². The molecule has 1 saturated heterocycles. The highest BCUT2D eigenvalue weighted by molar-refractivity contribution is 5.68. The summed E-state index contributed by atoms with van der Waals surface area (Å²) < 4.78 is 7.68. The van der Waals surface area contributed by atoms with Crippen LogP contribution in [-0.2, 0) is 11.3 Å². The van der Waals surface area contributed by atoms with Crippen molar-refractivity contribution in [2.45, 2.75) is 65.0 Å². The lowest BCUT2D eigenvalue weighted by Gasteiger charge is -2.33. The van der Waals surface area contributed by atoms with Gasteiger partial charge in [0.2, 0.25) is 0 Å². The molecule has 0 bridgehead atoms. The minimum absolute atomic E-state index is 0.192. The van der Waals surface area contributed by atoms with Crippen molar-refractivity contribution in [3.8, 4) is 0 Å². The van der Waals surface area contributed by atoms with Crippen LogP contribution >= 0.6 is 0 Å². The van der Waals surface area contributed by atoms with Crippen LogP contribution in [0, 0.1) is 0 Å². The number of likely N-dealkylation sites (tertiary alicyclic amines) is 1. The fourth-order valence-electron chi connectivity index (χ4n) is 2.78. The minimum Gasteiger partial charge on any atom is -0.444 e. The Hall–Kier alpha value is -1.52. The van der Waals surface area contributed by atoms with Crippen LogP contribution in [0.4, 0.5) is 4.79 Å². The van der Waals surface area contributed by atoms with Crippen LogP contribution in [0.15, 0.2) is 12.5 Å². The Kier molecular flexibility index (Phi) is 4.91. The Bertz CT molecular complexity index is 468. The maximum Gasteiger partial charge on any atom is 0.410 e. The minimum atomic E-state index is -0.423. The molecular formula is C16H27N3O2. The molecule has 118 valence electrons. The van der Waals surface area contributed by atoms with Crippen LogP contribution in [-0.4, -0.2) is 39.2 Å². The highest BCUT2D eigenvalue weighted by Crippen LogP contribution is 2.28. The van der Waals surface area contributed by atoms with Gasteiger partial charge in [-0.3, -0.25) is 0 Å². The number of aromatic nitrogens is 2. The molecule has 0 saturated carbocycles. The predicted molar refractivity (Wildman–Crippen MR) is 82.3 cm³/mol. The molecule has 0 aliphatic carbocycles. The summed E-state index contributed by atoms with van der Waals surface area (Å²) >= 11 is 0. The monoisotopic (exact) mass is 293 g/mol. The molecule has 1 amide bonds.